The zero-order valence-corrected chi connectivity index (χ0v) is 17.0. The van der Waals surface area contributed by atoms with Gasteiger partial charge < -0.3 is 14.7 Å². The van der Waals surface area contributed by atoms with Crippen LogP contribution in [0.4, 0.5) is 19.3 Å². The first-order valence-electron chi connectivity index (χ1n) is 9.79. The summed E-state index contributed by atoms with van der Waals surface area (Å²) in [6, 6.07) is 9.64. The van der Waals surface area contributed by atoms with Crippen molar-refractivity contribution >= 4 is 28.6 Å². The smallest absolute Gasteiger partial charge is 0.436 e. The molecule has 0 bridgehead atoms. The fraction of sp³-hybridized carbons (Fsp3) is 0.318. The van der Waals surface area contributed by atoms with Crippen molar-refractivity contribution in [1.82, 2.24) is 9.78 Å². The van der Waals surface area contributed by atoms with Crippen molar-refractivity contribution in [3.63, 3.8) is 0 Å². The molecule has 1 aromatic heterocycles. The first kappa shape index (κ1) is 19.6. The monoisotopic (exact) mass is 427 g/mol. The van der Waals surface area contributed by atoms with E-state index in [1.54, 1.807) is 26.0 Å². The average molecular weight is 427 g/mol. The minimum absolute atomic E-state index is 0.000678. The standard InChI is InChI=1S/C22H19F2N3O4/c1-11(28)12-6-5-9-16-17(12)22(23,24)19(29)26(16)10-15-13-7-4-8-14-18(13)27(25-15)20(30)31-21(14,2)3/h4-9,11,28H,10H2,1-3H3/t11-/m0/s1. The van der Waals surface area contributed by atoms with Gasteiger partial charge in [0, 0.05) is 10.9 Å². The Morgan fingerprint density at radius 1 is 1.16 bits per heavy atom. The van der Waals surface area contributed by atoms with Gasteiger partial charge in [0.1, 0.15) is 5.60 Å². The van der Waals surface area contributed by atoms with Crippen molar-refractivity contribution in [3.05, 3.63) is 58.8 Å². The number of fused-ring (bicyclic) bond motifs is 1. The molecule has 0 radical (unpaired) electrons. The Hall–Kier alpha value is -3.33. The highest BCUT2D eigenvalue weighted by Gasteiger charge is 2.54. The van der Waals surface area contributed by atoms with E-state index in [0.29, 0.717) is 16.6 Å². The maximum Gasteiger partial charge on any atom is 0.436 e. The molecule has 0 spiro atoms. The van der Waals surface area contributed by atoms with Gasteiger partial charge >= 0.3 is 17.9 Å². The number of benzene rings is 2. The van der Waals surface area contributed by atoms with Crippen LogP contribution < -0.4 is 4.90 Å². The van der Waals surface area contributed by atoms with Gasteiger partial charge in [0.15, 0.2) is 0 Å². The molecule has 0 saturated carbocycles. The Labute approximate surface area is 175 Å². The highest BCUT2D eigenvalue weighted by atomic mass is 19.3. The number of hydrogen-bond acceptors (Lipinski definition) is 5. The van der Waals surface area contributed by atoms with Gasteiger partial charge in [0.2, 0.25) is 0 Å². The number of ether oxygens (including phenoxy) is 1. The van der Waals surface area contributed by atoms with Gasteiger partial charge in [0.05, 0.1) is 35.1 Å². The average Bonchev–Trinajstić information content (AvgIpc) is 3.16. The summed E-state index contributed by atoms with van der Waals surface area (Å²) >= 11 is 0. The third kappa shape index (κ3) is 2.56. The van der Waals surface area contributed by atoms with Crippen LogP contribution in [0.15, 0.2) is 36.4 Å². The van der Waals surface area contributed by atoms with Gasteiger partial charge in [-0.1, -0.05) is 30.3 Å². The molecular weight excluding hydrogens is 408 g/mol. The summed E-state index contributed by atoms with van der Waals surface area (Å²) in [5, 5.41) is 14.8. The molecule has 5 rings (SSSR count). The molecule has 160 valence electrons. The number of aromatic nitrogens is 2. The van der Waals surface area contributed by atoms with E-state index in [9.17, 15) is 23.5 Å². The number of alkyl halides is 2. The summed E-state index contributed by atoms with van der Waals surface area (Å²) in [6.07, 6.45) is -1.84. The first-order valence-corrected chi connectivity index (χ1v) is 9.79. The van der Waals surface area contributed by atoms with Gasteiger partial charge in [0.25, 0.3) is 0 Å². The van der Waals surface area contributed by atoms with Gasteiger partial charge in [-0.2, -0.15) is 18.6 Å². The number of aliphatic hydroxyl groups excluding tert-OH is 1. The van der Waals surface area contributed by atoms with Gasteiger partial charge in [-0.15, -0.1) is 0 Å². The number of rotatable bonds is 3. The predicted molar refractivity (Wildman–Crippen MR) is 107 cm³/mol. The molecule has 0 aliphatic carbocycles. The Morgan fingerprint density at radius 3 is 2.58 bits per heavy atom. The van der Waals surface area contributed by atoms with Crippen LogP contribution in [0.3, 0.4) is 0 Å². The van der Waals surface area contributed by atoms with Crippen LogP contribution in [0.2, 0.25) is 0 Å². The minimum Gasteiger partial charge on any atom is -0.437 e. The molecule has 0 saturated heterocycles. The fourth-order valence-electron chi connectivity index (χ4n) is 4.45. The number of aliphatic hydroxyl groups is 1. The second-order valence-corrected chi connectivity index (χ2v) is 8.32. The quantitative estimate of drug-likeness (QED) is 0.684. The highest BCUT2D eigenvalue weighted by molar-refractivity contribution is 6.06. The SMILES string of the molecule is C[C@H](O)c1cccc2c1C(F)(F)C(=O)N2Cc1nn2c3c(cccc13)C(C)(C)OC2=O. The van der Waals surface area contributed by atoms with Crippen molar-refractivity contribution < 1.29 is 28.2 Å². The van der Waals surface area contributed by atoms with E-state index >= 15 is 0 Å². The minimum atomic E-state index is -3.78. The Bertz CT molecular complexity index is 1280. The fourth-order valence-corrected chi connectivity index (χ4v) is 4.45. The van der Waals surface area contributed by atoms with Crippen LogP contribution in [0.5, 0.6) is 0 Å². The highest BCUT2D eigenvalue weighted by Crippen LogP contribution is 2.48. The van der Waals surface area contributed by atoms with E-state index in [1.807, 2.05) is 6.07 Å². The first-order chi connectivity index (χ1) is 14.5. The van der Waals surface area contributed by atoms with E-state index in [2.05, 4.69) is 5.10 Å². The van der Waals surface area contributed by atoms with Gasteiger partial charge in [-0.3, -0.25) is 4.79 Å². The van der Waals surface area contributed by atoms with Crippen LogP contribution in [-0.4, -0.2) is 26.9 Å². The van der Waals surface area contributed by atoms with E-state index < -0.39 is 35.2 Å². The Kier molecular flexibility index (Phi) is 3.86. The second-order valence-electron chi connectivity index (χ2n) is 8.32. The molecule has 2 aliphatic rings. The largest absolute Gasteiger partial charge is 0.437 e. The van der Waals surface area contributed by atoms with Gasteiger partial charge in [-0.25, -0.2) is 4.79 Å². The van der Waals surface area contributed by atoms with E-state index in [1.165, 1.54) is 25.1 Å². The van der Waals surface area contributed by atoms with E-state index in [0.717, 1.165) is 15.1 Å². The van der Waals surface area contributed by atoms with Gasteiger partial charge in [-0.05, 0) is 32.4 Å². The van der Waals surface area contributed by atoms with Crippen molar-refractivity contribution in [1.29, 1.82) is 0 Å². The third-order valence-electron chi connectivity index (χ3n) is 5.89. The molecule has 0 unspecified atom stereocenters. The molecule has 0 fully saturated rings. The van der Waals surface area contributed by atoms with E-state index in [4.69, 9.17) is 4.74 Å². The Balaban J connectivity index is 1.67. The zero-order valence-electron chi connectivity index (χ0n) is 17.0. The molecule has 2 aromatic carbocycles. The number of amides is 1. The molecule has 2 aliphatic heterocycles. The van der Waals surface area contributed by atoms with E-state index in [-0.39, 0.29) is 17.8 Å². The van der Waals surface area contributed by atoms with Crippen LogP contribution >= 0.6 is 0 Å². The summed E-state index contributed by atoms with van der Waals surface area (Å²) < 4.78 is 36.4. The number of cyclic esters (lactones) is 1. The van der Waals surface area contributed by atoms with Crippen LogP contribution in [0.25, 0.3) is 10.9 Å². The molecule has 9 heteroatoms. The summed E-state index contributed by atoms with van der Waals surface area (Å²) in [4.78, 5) is 26.1. The maximum absolute atomic E-state index is 14.9. The molecule has 1 atom stereocenters. The lowest BCUT2D eigenvalue weighted by molar-refractivity contribution is -0.141. The number of nitrogens with zero attached hydrogens (tertiary/aromatic N) is 3. The zero-order chi connectivity index (χ0) is 22.3. The summed E-state index contributed by atoms with van der Waals surface area (Å²) in [6.45, 7) is 4.63. The number of carbonyl (C=O) groups is 2. The van der Waals surface area contributed by atoms with Crippen molar-refractivity contribution in [3.8, 4) is 0 Å². The lowest BCUT2D eigenvalue weighted by atomic mass is 9.94. The number of hydrogen-bond donors (Lipinski definition) is 1. The lowest BCUT2D eigenvalue weighted by Gasteiger charge is -2.30. The van der Waals surface area contributed by atoms with Crippen molar-refractivity contribution in [2.24, 2.45) is 0 Å². The van der Waals surface area contributed by atoms with Crippen LogP contribution in [-0.2, 0) is 27.6 Å². The van der Waals surface area contributed by atoms with Crippen molar-refractivity contribution in [2.75, 3.05) is 4.90 Å². The lowest BCUT2D eigenvalue weighted by Crippen LogP contribution is -2.35. The molecule has 3 aromatic rings. The number of para-hydroxylation sites is 1. The Morgan fingerprint density at radius 2 is 1.87 bits per heavy atom. The molecular formula is C22H19F2N3O4. The normalized spacial score (nSPS) is 19.5. The maximum atomic E-state index is 14.9. The topological polar surface area (TPSA) is 84.7 Å². The number of halogens is 2. The van der Waals surface area contributed by atoms with Crippen LogP contribution in [0.1, 0.15) is 49.3 Å². The number of anilines is 1. The van der Waals surface area contributed by atoms with Crippen molar-refractivity contribution in [2.45, 2.75) is 44.9 Å². The summed E-state index contributed by atoms with van der Waals surface area (Å²) in [7, 11) is 0. The predicted octanol–water partition coefficient (Wildman–Crippen LogP) is 3.96. The molecule has 3 heterocycles. The third-order valence-corrected chi connectivity index (χ3v) is 5.89. The molecule has 7 nitrogen and oxygen atoms in total. The summed E-state index contributed by atoms with van der Waals surface area (Å²) in [5.41, 5.74) is 0.215. The molecule has 1 N–H and O–H groups in total. The second kappa shape index (κ2) is 6.10. The molecule has 31 heavy (non-hydrogen) atoms. The molecule has 1 amide bonds. The number of carbonyl (C=O) groups excluding carboxylic acids is 2. The summed E-state index contributed by atoms with van der Waals surface area (Å²) in [5.74, 6) is -5.17. The van der Waals surface area contributed by atoms with Crippen LogP contribution in [0, 0.1) is 0 Å².